The van der Waals surface area contributed by atoms with E-state index in [-0.39, 0.29) is 5.91 Å². The monoisotopic (exact) mass is 381 g/mol. The maximum atomic E-state index is 12.5. The molecule has 27 heavy (non-hydrogen) atoms. The van der Waals surface area contributed by atoms with E-state index >= 15 is 0 Å². The van der Waals surface area contributed by atoms with Crippen LogP contribution in [0.1, 0.15) is 27.2 Å². The number of carbonyl (C=O) groups excluding carboxylic acids is 1. The van der Waals surface area contributed by atoms with Gasteiger partial charge >= 0.3 is 0 Å². The quantitative estimate of drug-likeness (QED) is 0.644. The van der Waals surface area contributed by atoms with Crippen LogP contribution < -0.4 is 21.3 Å². The smallest absolute Gasteiger partial charge is 0.257 e. The van der Waals surface area contributed by atoms with Crippen molar-refractivity contribution in [2.75, 3.05) is 10.3 Å². The first-order valence-electron chi connectivity index (χ1n) is 8.36. The average Bonchev–Trinajstić information content (AvgIpc) is 3.39. The van der Waals surface area contributed by atoms with E-state index in [1.807, 2.05) is 60.5 Å². The predicted octanol–water partition coefficient (Wildman–Crippen LogP) is 2.57. The Bertz CT molecular complexity index is 1020. The van der Waals surface area contributed by atoms with Crippen LogP contribution in [0.15, 0.2) is 42.2 Å². The highest BCUT2D eigenvalue weighted by Gasteiger charge is 2.20. The number of anilines is 2. The minimum absolute atomic E-state index is 0.189. The van der Waals surface area contributed by atoms with Gasteiger partial charge in [-0.3, -0.25) is 19.8 Å². The van der Waals surface area contributed by atoms with Crippen molar-refractivity contribution in [1.29, 1.82) is 0 Å². The fourth-order valence-corrected chi connectivity index (χ4v) is 3.33. The summed E-state index contributed by atoms with van der Waals surface area (Å²) in [6.45, 7) is 4.02. The largest absolute Gasteiger partial charge is 0.301 e. The first kappa shape index (κ1) is 17.3. The molecule has 0 spiro atoms. The fraction of sp³-hybridized carbons (Fsp3) is 0.167. The molecule has 0 fully saturated rings. The zero-order chi connectivity index (χ0) is 19.0. The first-order valence-corrected chi connectivity index (χ1v) is 9.24. The highest BCUT2D eigenvalue weighted by molar-refractivity contribution is 7.13. The molecule has 4 rings (SSSR count). The zero-order valence-electron chi connectivity index (χ0n) is 15.1. The number of hydrogen-bond donors (Lipinski definition) is 3. The van der Waals surface area contributed by atoms with E-state index in [9.17, 15) is 4.79 Å². The number of rotatable bonds is 4. The zero-order valence-corrected chi connectivity index (χ0v) is 16.0. The Morgan fingerprint density at radius 3 is 2.85 bits per heavy atom. The van der Waals surface area contributed by atoms with Gasteiger partial charge in [-0.05, 0) is 31.5 Å². The summed E-state index contributed by atoms with van der Waals surface area (Å²) in [7, 11) is 1.91. The molecule has 8 nitrogen and oxygen atoms in total. The van der Waals surface area contributed by atoms with E-state index in [0.717, 1.165) is 28.2 Å². The lowest BCUT2D eigenvalue weighted by Gasteiger charge is -2.18. The van der Waals surface area contributed by atoms with Crippen LogP contribution in [-0.4, -0.2) is 20.7 Å². The molecule has 1 aliphatic rings. The van der Waals surface area contributed by atoms with Gasteiger partial charge in [0.05, 0.1) is 17.6 Å². The number of carbonyl (C=O) groups is 1. The van der Waals surface area contributed by atoms with E-state index in [2.05, 4.69) is 26.4 Å². The maximum Gasteiger partial charge on any atom is 0.257 e. The van der Waals surface area contributed by atoms with E-state index in [0.29, 0.717) is 10.7 Å². The molecule has 3 N–H and O–H groups in total. The van der Waals surface area contributed by atoms with Crippen molar-refractivity contribution in [3.63, 3.8) is 0 Å². The number of hydrogen-bond acceptors (Lipinski definition) is 7. The normalized spacial score (nSPS) is 13.4. The van der Waals surface area contributed by atoms with Crippen LogP contribution in [0.5, 0.6) is 0 Å². The van der Waals surface area contributed by atoms with Crippen molar-refractivity contribution in [2.45, 2.75) is 13.8 Å². The topological polar surface area (TPSA) is 87.1 Å². The molecule has 1 amide bonds. The van der Waals surface area contributed by atoms with Gasteiger partial charge in [-0.25, -0.2) is 4.98 Å². The standard InChI is InChI=1S/C18H19N7OS/c1-11-4-5-13(17(26)21-18-19-6-7-27-18)8-16(11)25-10-15(22-23-25)14-9-20-24(3)12(14)2/h4-10,22-23H,1-3H3,(H,19,21,26). The molecule has 0 saturated carbocycles. The molecule has 3 heterocycles. The van der Waals surface area contributed by atoms with E-state index < -0.39 is 0 Å². The average molecular weight is 381 g/mol. The number of aromatic nitrogens is 3. The lowest BCUT2D eigenvalue weighted by molar-refractivity contribution is 0.102. The lowest BCUT2D eigenvalue weighted by Crippen LogP contribution is -2.36. The van der Waals surface area contributed by atoms with Crippen molar-refractivity contribution in [3.05, 3.63) is 64.6 Å². The molecule has 138 valence electrons. The maximum absolute atomic E-state index is 12.5. The van der Waals surface area contributed by atoms with Crippen LogP contribution in [0, 0.1) is 13.8 Å². The first-order chi connectivity index (χ1) is 13.0. The Hall–Kier alpha value is -3.17. The molecule has 1 aliphatic heterocycles. The number of hydrazine groups is 2. The summed E-state index contributed by atoms with van der Waals surface area (Å²) in [5, 5.41) is 11.3. The van der Waals surface area contributed by atoms with Crippen molar-refractivity contribution >= 4 is 33.8 Å². The van der Waals surface area contributed by atoms with Gasteiger partial charge in [-0.2, -0.15) is 5.10 Å². The highest BCUT2D eigenvalue weighted by Crippen LogP contribution is 2.26. The number of nitrogens with one attached hydrogen (secondary N) is 3. The number of nitrogens with zero attached hydrogens (tertiary/aromatic N) is 4. The number of thiazole rings is 1. The van der Waals surface area contributed by atoms with Crippen molar-refractivity contribution < 1.29 is 4.79 Å². The second-order valence-electron chi connectivity index (χ2n) is 6.21. The summed E-state index contributed by atoms with van der Waals surface area (Å²) in [4.78, 5) is 16.6. The van der Waals surface area contributed by atoms with Gasteiger partial charge in [-0.1, -0.05) is 6.07 Å². The minimum atomic E-state index is -0.189. The molecule has 0 bridgehead atoms. The number of benzene rings is 1. The molecule has 1 aromatic carbocycles. The summed E-state index contributed by atoms with van der Waals surface area (Å²) in [5.74, 6) is -0.189. The van der Waals surface area contributed by atoms with Gasteiger partial charge in [0.15, 0.2) is 5.13 Å². The van der Waals surface area contributed by atoms with Crippen LogP contribution in [0.2, 0.25) is 0 Å². The van der Waals surface area contributed by atoms with Gasteiger partial charge in [0.25, 0.3) is 5.91 Å². The van der Waals surface area contributed by atoms with Gasteiger partial charge < -0.3 is 5.43 Å². The number of aryl methyl sites for hydroxylation is 2. The van der Waals surface area contributed by atoms with Crippen molar-refractivity contribution in [2.24, 2.45) is 7.05 Å². The fourth-order valence-electron chi connectivity index (χ4n) is 2.81. The summed E-state index contributed by atoms with van der Waals surface area (Å²) in [6.07, 6.45) is 5.44. The Morgan fingerprint density at radius 2 is 2.15 bits per heavy atom. The van der Waals surface area contributed by atoms with Crippen molar-refractivity contribution in [1.82, 2.24) is 25.7 Å². The second kappa shape index (κ2) is 6.86. The lowest BCUT2D eigenvalue weighted by atomic mass is 10.1. The minimum Gasteiger partial charge on any atom is -0.301 e. The molecule has 2 aromatic heterocycles. The third-order valence-corrected chi connectivity index (χ3v) is 5.17. The molecule has 0 saturated heterocycles. The van der Waals surface area contributed by atoms with E-state index in [1.165, 1.54) is 11.3 Å². The van der Waals surface area contributed by atoms with Crippen LogP contribution in [0.3, 0.4) is 0 Å². The Kier molecular flexibility index (Phi) is 4.38. The van der Waals surface area contributed by atoms with Crippen LogP contribution in [0.4, 0.5) is 10.8 Å². The van der Waals surface area contributed by atoms with Crippen LogP contribution >= 0.6 is 11.3 Å². The number of amides is 1. The second-order valence-corrected chi connectivity index (χ2v) is 7.10. The summed E-state index contributed by atoms with van der Waals surface area (Å²) in [5.41, 5.74) is 11.8. The molecule has 0 aliphatic carbocycles. The Morgan fingerprint density at radius 1 is 1.30 bits per heavy atom. The van der Waals surface area contributed by atoms with Gasteiger partial charge in [0.2, 0.25) is 0 Å². The summed E-state index contributed by atoms with van der Waals surface area (Å²) < 4.78 is 1.83. The molecule has 3 aromatic rings. The van der Waals surface area contributed by atoms with Crippen molar-refractivity contribution in [3.8, 4) is 0 Å². The summed E-state index contributed by atoms with van der Waals surface area (Å²) in [6, 6.07) is 5.58. The molecule has 9 heteroatoms. The van der Waals surface area contributed by atoms with Gasteiger partial charge in [0.1, 0.15) is 0 Å². The highest BCUT2D eigenvalue weighted by atomic mass is 32.1. The summed E-state index contributed by atoms with van der Waals surface area (Å²) >= 11 is 1.39. The Labute approximate surface area is 160 Å². The van der Waals surface area contributed by atoms with Crippen LogP contribution in [0.25, 0.3) is 5.70 Å². The van der Waals surface area contributed by atoms with Gasteiger partial charge in [0, 0.05) is 41.6 Å². The third-order valence-electron chi connectivity index (χ3n) is 4.48. The van der Waals surface area contributed by atoms with Gasteiger partial charge in [-0.15, -0.1) is 16.9 Å². The molecular weight excluding hydrogens is 362 g/mol. The molecular formula is C18H19N7OS. The SMILES string of the molecule is Cc1ccc(C(=O)Nc2nccs2)cc1N1C=C(c2cnn(C)c2C)NN1. The predicted molar refractivity (Wildman–Crippen MR) is 106 cm³/mol. The van der Waals surface area contributed by atoms with E-state index in [4.69, 9.17) is 0 Å². The van der Waals surface area contributed by atoms with E-state index in [1.54, 1.807) is 12.3 Å². The molecule has 0 unspecified atom stereocenters. The van der Waals surface area contributed by atoms with Crippen LogP contribution in [-0.2, 0) is 7.05 Å². The Balaban J connectivity index is 1.60. The molecule has 0 atom stereocenters. The third kappa shape index (κ3) is 3.29. The molecule has 0 radical (unpaired) electrons.